The summed E-state index contributed by atoms with van der Waals surface area (Å²) in [5.74, 6) is 0.208. The normalized spacial score (nSPS) is 11.3. The quantitative estimate of drug-likeness (QED) is 0.427. The van der Waals surface area contributed by atoms with Crippen molar-refractivity contribution in [1.82, 2.24) is 5.32 Å². The highest BCUT2D eigenvalue weighted by Crippen LogP contribution is 2.18. The Morgan fingerprint density at radius 3 is 1.57 bits per heavy atom. The Morgan fingerprint density at radius 1 is 0.629 bits per heavy atom. The molecule has 0 saturated carbocycles. The topological polar surface area (TPSA) is 106 Å². The lowest BCUT2D eigenvalue weighted by Gasteiger charge is -2.22. The molecule has 3 rings (SSSR count). The van der Waals surface area contributed by atoms with E-state index in [4.69, 9.17) is 9.47 Å². The maximum atomic E-state index is 12.9. The zero-order chi connectivity index (χ0) is 25.4. The van der Waals surface area contributed by atoms with E-state index in [2.05, 4.69) is 16.0 Å². The molecule has 1 atom stereocenters. The number of methoxy groups -OCH3 is 2. The van der Waals surface area contributed by atoms with Crippen LogP contribution in [0.4, 0.5) is 11.4 Å². The Morgan fingerprint density at radius 2 is 1.06 bits per heavy atom. The van der Waals surface area contributed by atoms with Crippen molar-refractivity contribution in [3.8, 4) is 11.5 Å². The van der Waals surface area contributed by atoms with Gasteiger partial charge in [-0.3, -0.25) is 14.4 Å². The summed E-state index contributed by atoms with van der Waals surface area (Å²) in [6.07, 6.45) is 0. The number of hydrogen-bond donors (Lipinski definition) is 3. The van der Waals surface area contributed by atoms with E-state index in [0.717, 1.165) is 0 Å². The van der Waals surface area contributed by atoms with Crippen LogP contribution in [-0.2, 0) is 4.79 Å². The van der Waals surface area contributed by atoms with E-state index in [9.17, 15) is 14.4 Å². The summed E-state index contributed by atoms with van der Waals surface area (Å²) in [7, 11) is 3.13. The molecule has 8 heteroatoms. The Hall–Kier alpha value is -4.33. The molecule has 3 N–H and O–H groups in total. The van der Waals surface area contributed by atoms with Crippen molar-refractivity contribution in [2.75, 3.05) is 24.9 Å². The van der Waals surface area contributed by atoms with Crippen LogP contribution in [0.1, 0.15) is 34.6 Å². The summed E-state index contributed by atoms with van der Waals surface area (Å²) >= 11 is 0. The standard InChI is InChI=1S/C27H29N3O5/c1-17(2)24(30-26(32)19-7-13-22(34-3)14-8-19)27(33)29-20-9-5-18(6-10-20)25(31)28-21-11-15-23(35-4)16-12-21/h5-17,24H,1-4H3,(H,28,31)(H,29,33)(H,30,32). The second kappa shape index (κ2) is 11.7. The molecule has 3 amide bonds. The fraction of sp³-hybridized carbons (Fsp3) is 0.222. The highest BCUT2D eigenvalue weighted by Gasteiger charge is 2.25. The Labute approximate surface area is 204 Å². The molecule has 3 aromatic rings. The first kappa shape index (κ1) is 25.3. The van der Waals surface area contributed by atoms with E-state index in [0.29, 0.717) is 34.0 Å². The molecule has 0 radical (unpaired) electrons. The Kier molecular flexibility index (Phi) is 8.45. The molecular weight excluding hydrogens is 446 g/mol. The van der Waals surface area contributed by atoms with Gasteiger partial charge in [0.05, 0.1) is 14.2 Å². The van der Waals surface area contributed by atoms with Crippen molar-refractivity contribution in [2.45, 2.75) is 19.9 Å². The first-order valence-corrected chi connectivity index (χ1v) is 11.1. The van der Waals surface area contributed by atoms with Gasteiger partial charge in [0, 0.05) is 22.5 Å². The molecule has 8 nitrogen and oxygen atoms in total. The van der Waals surface area contributed by atoms with Crippen molar-refractivity contribution in [3.05, 3.63) is 83.9 Å². The first-order valence-electron chi connectivity index (χ1n) is 11.1. The smallest absolute Gasteiger partial charge is 0.255 e. The maximum absolute atomic E-state index is 12.9. The van der Waals surface area contributed by atoms with Gasteiger partial charge in [0.2, 0.25) is 5.91 Å². The van der Waals surface area contributed by atoms with Gasteiger partial charge in [-0.15, -0.1) is 0 Å². The van der Waals surface area contributed by atoms with Gasteiger partial charge in [-0.1, -0.05) is 13.8 Å². The molecule has 0 aromatic heterocycles. The third-order valence-electron chi connectivity index (χ3n) is 5.35. The number of nitrogens with one attached hydrogen (secondary N) is 3. The average Bonchev–Trinajstić information content (AvgIpc) is 2.87. The molecule has 0 aliphatic rings. The summed E-state index contributed by atoms with van der Waals surface area (Å²) in [5.41, 5.74) is 2.02. The second-order valence-electron chi connectivity index (χ2n) is 8.17. The highest BCUT2D eigenvalue weighted by molar-refractivity contribution is 6.05. The average molecular weight is 476 g/mol. The van der Waals surface area contributed by atoms with E-state index in [1.807, 2.05) is 13.8 Å². The fourth-order valence-electron chi connectivity index (χ4n) is 3.30. The first-order chi connectivity index (χ1) is 16.8. The minimum Gasteiger partial charge on any atom is -0.497 e. The molecule has 0 aliphatic heterocycles. The van der Waals surface area contributed by atoms with E-state index >= 15 is 0 Å². The number of carbonyl (C=O) groups excluding carboxylic acids is 3. The number of anilines is 2. The molecule has 182 valence electrons. The van der Waals surface area contributed by atoms with Gasteiger partial charge in [-0.05, 0) is 78.7 Å². The lowest BCUT2D eigenvalue weighted by Crippen LogP contribution is -2.47. The SMILES string of the molecule is COc1ccc(NC(=O)c2ccc(NC(=O)C(NC(=O)c3ccc(OC)cc3)C(C)C)cc2)cc1. The van der Waals surface area contributed by atoms with Gasteiger partial charge < -0.3 is 25.4 Å². The molecule has 0 aliphatic carbocycles. The number of carbonyl (C=O) groups is 3. The van der Waals surface area contributed by atoms with E-state index in [1.165, 1.54) is 0 Å². The molecule has 0 bridgehead atoms. The Balaban J connectivity index is 1.61. The lowest BCUT2D eigenvalue weighted by molar-refractivity contribution is -0.118. The van der Waals surface area contributed by atoms with E-state index < -0.39 is 6.04 Å². The van der Waals surface area contributed by atoms with Crippen LogP contribution < -0.4 is 25.4 Å². The van der Waals surface area contributed by atoms with E-state index in [1.54, 1.807) is 87.0 Å². The van der Waals surface area contributed by atoms with Crippen LogP contribution in [0.25, 0.3) is 0 Å². The molecule has 0 heterocycles. The minimum atomic E-state index is -0.748. The van der Waals surface area contributed by atoms with Crippen molar-refractivity contribution in [1.29, 1.82) is 0 Å². The molecule has 0 saturated heterocycles. The minimum absolute atomic E-state index is 0.147. The van der Waals surface area contributed by atoms with Crippen molar-refractivity contribution < 1.29 is 23.9 Å². The van der Waals surface area contributed by atoms with Crippen molar-refractivity contribution >= 4 is 29.1 Å². The van der Waals surface area contributed by atoms with Gasteiger partial charge in [-0.2, -0.15) is 0 Å². The fourth-order valence-corrected chi connectivity index (χ4v) is 3.30. The molecular formula is C27H29N3O5. The van der Waals surface area contributed by atoms with E-state index in [-0.39, 0.29) is 23.6 Å². The third kappa shape index (κ3) is 6.83. The van der Waals surface area contributed by atoms with Crippen LogP contribution in [0.3, 0.4) is 0 Å². The van der Waals surface area contributed by atoms with Crippen molar-refractivity contribution in [3.63, 3.8) is 0 Å². The second-order valence-corrected chi connectivity index (χ2v) is 8.17. The molecule has 0 fully saturated rings. The van der Waals surface area contributed by atoms with Crippen molar-refractivity contribution in [2.24, 2.45) is 5.92 Å². The van der Waals surface area contributed by atoms with Gasteiger partial charge in [0.25, 0.3) is 11.8 Å². The van der Waals surface area contributed by atoms with Crippen LogP contribution in [0.15, 0.2) is 72.8 Å². The van der Waals surface area contributed by atoms with Gasteiger partial charge in [0.15, 0.2) is 0 Å². The third-order valence-corrected chi connectivity index (χ3v) is 5.35. The summed E-state index contributed by atoms with van der Waals surface area (Å²) in [4.78, 5) is 38.0. The maximum Gasteiger partial charge on any atom is 0.255 e. The zero-order valence-corrected chi connectivity index (χ0v) is 20.1. The zero-order valence-electron chi connectivity index (χ0n) is 20.1. The molecule has 35 heavy (non-hydrogen) atoms. The number of amides is 3. The summed E-state index contributed by atoms with van der Waals surface area (Å²) in [6, 6.07) is 19.4. The monoisotopic (exact) mass is 475 g/mol. The van der Waals surface area contributed by atoms with Gasteiger partial charge in [-0.25, -0.2) is 0 Å². The number of rotatable bonds is 9. The predicted octanol–water partition coefficient (Wildman–Crippen LogP) is 4.35. The molecule has 1 unspecified atom stereocenters. The lowest BCUT2D eigenvalue weighted by atomic mass is 10.0. The van der Waals surface area contributed by atoms with Crippen LogP contribution in [-0.4, -0.2) is 38.0 Å². The predicted molar refractivity (Wildman–Crippen MR) is 135 cm³/mol. The molecule has 3 aromatic carbocycles. The highest BCUT2D eigenvalue weighted by atomic mass is 16.5. The summed E-state index contributed by atoms with van der Waals surface area (Å²) in [6.45, 7) is 3.70. The van der Waals surface area contributed by atoms with Crippen LogP contribution in [0.2, 0.25) is 0 Å². The Bertz CT molecular complexity index is 1160. The number of hydrogen-bond acceptors (Lipinski definition) is 5. The van der Waals surface area contributed by atoms with Crippen LogP contribution in [0.5, 0.6) is 11.5 Å². The number of benzene rings is 3. The van der Waals surface area contributed by atoms with Gasteiger partial charge in [0.1, 0.15) is 17.5 Å². The largest absolute Gasteiger partial charge is 0.497 e. The van der Waals surface area contributed by atoms with Crippen LogP contribution >= 0.6 is 0 Å². The summed E-state index contributed by atoms with van der Waals surface area (Å²) < 4.78 is 10.2. The van der Waals surface area contributed by atoms with Gasteiger partial charge >= 0.3 is 0 Å². The van der Waals surface area contributed by atoms with Crippen LogP contribution in [0, 0.1) is 5.92 Å². The molecule has 0 spiro atoms. The number of ether oxygens (including phenoxy) is 2. The summed E-state index contributed by atoms with van der Waals surface area (Å²) in [5, 5.41) is 8.41.